The number of aliphatic imine (C=N–C) groups is 1. The second-order valence-electron chi connectivity index (χ2n) is 8.04. The van der Waals surface area contributed by atoms with Crippen molar-refractivity contribution in [3.63, 3.8) is 0 Å². The molecule has 0 saturated carbocycles. The van der Waals surface area contributed by atoms with Crippen LogP contribution in [-0.2, 0) is 20.9 Å². The highest BCUT2D eigenvalue weighted by Crippen LogP contribution is 2.40. The second-order valence-corrected chi connectivity index (χ2v) is 9.10. The van der Waals surface area contributed by atoms with Crippen molar-refractivity contribution in [2.45, 2.75) is 45.8 Å². The number of amidine groups is 1. The first-order valence-electron chi connectivity index (χ1n) is 10.5. The third-order valence-electron chi connectivity index (χ3n) is 5.56. The van der Waals surface area contributed by atoms with E-state index in [2.05, 4.69) is 31.0 Å². The summed E-state index contributed by atoms with van der Waals surface area (Å²) in [6.07, 6.45) is 0.426. The van der Waals surface area contributed by atoms with Crippen LogP contribution in [0, 0.1) is 0 Å². The number of thioether (sulfide) groups is 1. The minimum Gasteiger partial charge on any atom is -0.457 e. The van der Waals surface area contributed by atoms with Gasteiger partial charge in [-0.15, -0.1) is 0 Å². The number of carbonyl (C=O) groups excluding carboxylic acids is 2. The molecule has 1 amide bonds. The Balaban J connectivity index is 1.70. The fourth-order valence-electron chi connectivity index (χ4n) is 3.84. The molecule has 6 heteroatoms. The Labute approximate surface area is 187 Å². The number of hydrogen-bond donors (Lipinski definition) is 0. The number of hydrogen-bond acceptors (Lipinski definition) is 5. The van der Waals surface area contributed by atoms with E-state index in [0.29, 0.717) is 34.5 Å². The smallest absolute Gasteiger partial charge is 0.338 e. The molecule has 2 aromatic carbocycles. The normalized spacial score (nSPS) is 18.7. The Morgan fingerprint density at radius 3 is 2.55 bits per heavy atom. The van der Waals surface area contributed by atoms with Gasteiger partial charge in [-0.25, -0.2) is 9.79 Å². The van der Waals surface area contributed by atoms with Crippen LogP contribution in [0.15, 0.2) is 70.9 Å². The fraction of sp³-hybridized carbons (Fsp3) is 0.320. The molecular formula is C25H26N2O3S. The number of rotatable bonds is 5. The van der Waals surface area contributed by atoms with E-state index in [0.717, 1.165) is 11.1 Å². The van der Waals surface area contributed by atoms with Crippen LogP contribution in [0.5, 0.6) is 0 Å². The summed E-state index contributed by atoms with van der Waals surface area (Å²) in [4.78, 5) is 32.4. The zero-order chi connectivity index (χ0) is 22.0. The van der Waals surface area contributed by atoms with Crippen LogP contribution in [0.4, 0.5) is 0 Å². The van der Waals surface area contributed by atoms with Crippen LogP contribution in [0.25, 0.3) is 0 Å². The summed E-state index contributed by atoms with van der Waals surface area (Å²) < 4.78 is 5.66. The van der Waals surface area contributed by atoms with E-state index in [1.807, 2.05) is 49.4 Å². The van der Waals surface area contributed by atoms with Crippen molar-refractivity contribution in [1.29, 1.82) is 0 Å². The van der Waals surface area contributed by atoms with Crippen molar-refractivity contribution in [2.75, 3.05) is 5.75 Å². The van der Waals surface area contributed by atoms with Gasteiger partial charge in [0.25, 0.3) is 0 Å². The first kappa shape index (κ1) is 21.4. The molecule has 0 bridgehead atoms. The van der Waals surface area contributed by atoms with Gasteiger partial charge in [-0.2, -0.15) is 0 Å². The third kappa shape index (κ3) is 4.44. The molecule has 0 aromatic heterocycles. The first-order valence-corrected chi connectivity index (χ1v) is 11.5. The minimum absolute atomic E-state index is 0.0173. The average Bonchev–Trinajstić information content (AvgIpc) is 2.77. The minimum atomic E-state index is -0.530. The quantitative estimate of drug-likeness (QED) is 0.607. The van der Waals surface area contributed by atoms with Gasteiger partial charge in [0.05, 0.1) is 17.3 Å². The van der Waals surface area contributed by atoms with E-state index < -0.39 is 12.0 Å². The van der Waals surface area contributed by atoms with Gasteiger partial charge < -0.3 is 4.74 Å². The predicted molar refractivity (Wildman–Crippen MR) is 124 cm³/mol. The molecule has 31 heavy (non-hydrogen) atoms. The van der Waals surface area contributed by atoms with Gasteiger partial charge in [0, 0.05) is 12.2 Å². The van der Waals surface area contributed by atoms with E-state index in [1.165, 1.54) is 5.56 Å². The molecule has 0 spiro atoms. The van der Waals surface area contributed by atoms with Crippen molar-refractivity contribution >= 4 is 28.8 Å². The molecule has 1 saturated heterocycles. The Morgan fingerprint density at radius 2 is 1.87 bits per heavy atom. The van der Waals surface area contributed by atoms with Gasteiger partial charge in [-0.3, -0.25) is 9.69 Å². The summed E-state index contributed by atoms with van der Waals surface area (Å²) in [7, 11) is 0. The maximum Gasteiger partial charge on any atom is 0.338 e. The standard InChI is InChI=1S/C25H26N2O3S/c1-16(2)19-9-11-20(12-10-19)23-22(24(29)30-15-18-7-5-4-6-8-18)17(3)26-25-27(23)21(28)13-14-31-25/h4-12,16,23H,13-15H2,1-3H3/t23-/m1/s1. The van der Waals surface area contributed by atoms with Gasteiger partial charge in [0.15, 0.2) is 5.17 Å². The van der Waals surface area contributed by atoms with Gasteiger partial charge in [-0.1, -0.05) is 80.2 Å². The van der Waals surface area contributed by atoms with Crippen LogP contribution >= 0.6 is 11.8 Å². The SMILES string of the molecule is CC1=C(C(=O)OCc2ccccc2)[C@@H](c2ccc(C(C)C)cc2)N2C(=O)CCSC2=N1. The van der Waals surface area contributed by atoms with Crippen LogP contribution < -0.4 is 0 Å². The van der Waals surface area contributed by atoms with Crippen LogP contribution in [0.1, 0.15) is 55.8 Å². The number of allylic oxidation sites excluding steroid dienone is 1. The van der Waals surface area contributed by atoms with Crippen molar-refractivity contribution in [1.82, 2.24) is 4.90 Å². The topological polar surface area (TPSA) is 59.0 Å². The molecule has 0 aliphatic carbocycles. The second kappa shape index (κ2) is 9.10. The summed E-state index contributed by atoms with van der Waals surface area (Å²) in [5, 5.41) is 0.659. The number of carbonyl (C=O) groups is 2. The number of ether oxygens (including phenoxy) is 1. The number of benzene rings is 2. The zero-order valence-corrected chi connectivity index (χ0v) is 18.8. The molecule has 2 aromatic rings. The Bertz CT molecular complexity index is 1040. The molecule has 2 heterocycles. The van der Waals surface area contributed by atoms with Crippen molar-refractivity contribution in [2.24, 2.45) is 4.99 Å². The number of fused-ring (bicyclic) bond motifs is 1. The molecule has 160 valence electrons. The summed E-state index contributed by atoms with van der Waals surface area (Å²) in [5.41, 5.74) is 4.04. The van der Waals surface area contributed by atoms with Crippen molar-refractivity contribution in [3.05, 3.63) is 82.6 Å². The van der Waals surface area contributed by atoms with E-state index in [9.17, 15) is 9.59 Å². The average molecular weight is 435 g/mol. The number of esters is 1. The van der Waals surface area contributed by atoms with E-state index in [-0.39, 0.29) is 12.5 Å². The lowest BCUT2D eigenvalue weighted by Crippen LogP contribution is -2.45. The molecule has 1 fully saturated rings. The highest BCUT2D eigenvalue weighted by atomic mass is 32.2. The number of nitrogens with zero attached hydrogens (tertiary/aromatic N) is 2. The van der Waals surface area contributed by atoms with Gasteiger partial charge in [0.2, 0.25) is 5.91 Å². The van der Waals surface area contributed by atoms with Gasteiger partial charge >= 0.3 is 5.97 Å². The predicted octanol–water partition coefficient (Wildman–Crippen LogP) is 5.20. The lowest BCUT2D eigenvalue weighted by Gasteiger charge is -2.39. The maximum atomic E-state index is 13.2. The zero-order valence-electron chi connectivity index (χ0n) is 18.0. The monoisotopic (exact) mass is 434 g/mol. The molecule has 5 nitrogen and oxygen atoms in total. The van der Waals surface area contributed by atoms with E-state index in [1.54, 1.807) is 16.7 Å². The fourth-order valence-corrected chi connectivity index (χ4v) is 4.84. The van der Waals surface area contributed by atoms with Gasteiger partial charge in [-0.05, 0) is 29.5 Å². The molecular weight excluding hydrogens is 408 g/mol. The van der Waals surface area contributed by atoms with Crippen molar-refractivity contribution in [3.8, 4) is 0 Å². The molecule has 0 radical (unpaired) electrons. The van der Waals surface area contributed by atoms with E-state index >= 15 is 0 Å². The molecule has 4 rings (SSSR count). The Hall–Kier alpha value is -2.86. The highest BCUT2D eigenvalue weighted by molar-refractivity contribution is 8.14. The van der Waals surface area contributed by atoms with Crippen molar-refractivity contribution < 1.29 is 14.3 Å². The summed E-state index contributed by atoms with van der Waals surface area (Å²) >= 11 is 1.55. The van der Waals surface area contributed by atoms with Crippen LogP contribution in [-0.4, -0.2) is 27.7 Å². The summed E-state index contributed by atoms with van der Waals surface area (Å²) in [6, 6.07) is 17.2. The Morgan fingerprint density at radius 1 is 1.16 bits per heavy atom. The molecule has 0 N–H and O–H groups in total. The van der Waals surface area contributed by atoms with E-state index in [4.69, 9.17) is 4.74 Å². The largest absolute Gasteiger partial charge is 0.457 e. The molecule has 2 aliphatic heterocycles. The summed E-state index contributed by atoms with van der Waals surface area (Å²) in [5.74, 6) is 0.646. The van der Waals surface area contributed by atoms with Crippen LogP contribution in [0.2, 0.25) is 0 Å². The Kier molecular flexibility index (Phi) is 6.28. The lowest BCUT2D eigenvalue weighted by molar-refractivity contribution is -0.141. The van der Waals surface area contributed by atoms with Crippen LogP contribution in [0.3, 0.4) is 0 Å². The number of amides is 1. The lowest BCUT2D eigenvalue weighted by atomic mass is 9.92. The molecule has 0 unspecified atom stereocenters. The molecule has 2 aliphatic rings. The summed E-state index contributed by atoms with van der Waals surface area (Å²) in [6.45, 7) is 6.27. The van der Waals surface area contributed by atoms with Gasteiger partial charge in [0.1, 0.15) is 6.61 Å². The molecule has 1 atom stereocenters. The highest BCUT2D eigenvalue weighted by Gasteiger charge is 2.41. The third-order valence-corrected chi connectivity index (χ3v) is 6.51. The maximum absolute atomic E-state index is 13.2. The first-order chi connectivity index (χ1) is 15.0.